The topological polar surface area (TPSA) is 56.6 Å². The molecule has 0 atom stereocenters. The van der Waals surface area contributed by atoms with Crippen LogP contribution in [0.1, 0.15) is 30.8 Å². The van der Waals surface area contributed by atoms with Gasteiger partial charge in [-0.2, -0.15) is 0 Å². The maximum Gasteiger partial charge on any atom is 0.248 e. The van der Waals surface area contributed by atoms with E-state index in [2.05, 4.69) is 13.0 Å². The number of aryl methyl sites for hydroxylation is 2. The van der Waals surface area contributed by atoms with Gasteiger partial charge < -0.3 is 14.0 Å². The molecule has 3 aromatic carbocycles. The monoisotopic (exact) mass is 491 g/mol. The van der Waals surface area contributed by atoms with Gasteiger partial charge in [0, 0.05) is 11.6 Å². The van der Waals surface area contributed by atoms with Crippen molar-refractivity contribution in [3.05, 3.63) is 88.7 Å². The third-order valence-corrected chi connectivity index (χ3v) is 6.16. The van der Waals surface area contributed by atoms with Gasteiger partial charge in [-0.05, 0) is 67.8 Å². The van der Waals surface area contributed by atoms with Crippen LogP contribution in [0, 0.1) is 6.92 Å². The van der Waals surface area contributed by atoms with E-state index in [1.807, 2.05) is 66.9 Å². The van der Waals surface area contributed by atoms with Crippen molar-refractivity contribution >= 4 is 34.2 Å². The van der Waals surface area contributed by atoms with E-state index >= 15 is 0 Å². The molecular weight excluding hydrogens is 462 g/mol. The van der Waals surface area contributed by atoms with Crippen molar-refractivity contribution in [2.45, 2.75) is 40.3 Å². The van der Waals surface area contributed by atoms with Crippen LogP contribution < -0.4 is 9.64 Å². The van der Waals surface area contributed by atoms with Crippen LogP contribution in [-0.4, -0.2) is 28.8 Å². The normalized spacial score (nSPS) is 11.1. The van der Waals surface area contributed by atoms with Crippen LogP contribution in [-0.2, 0) is 29.1 Å². The fourth-order valence-electron chi connectivity index (χ4n) is 4.15. The van der Waals surface area contributed by atoms with Gasteiger partial charge in [-0.3, -0.25) is 9.69 Å². The fourth-order valence-corrected chi connectivity index (χ4v) is 4.27. The zero-order valence-electron chi connectivity index (χ0n) is 20.3. The highest BCUT2D eigenvalue weighted by molar-refractivity contribution is 6.30. The zero-order chi connectivity index (χ0) is 24.8. The molecule has 0 fully saturated rings. The van der Waals surface area contributed by atoms with Gasteiger partial charge in [-0.15, -0.1) is 0 Å². The molecule has 0 aliphatic heterocycles. The largest absolute Gasteiger partial charge is 0.486 e. The highest BCUT2D eigenvalue weighted by atomic mass is 35.5. The van der Waals surface area contributed by atoms with Gasteiger partial charge in [0.15, 0.2) is 0 Å². The van der Waals surface area contributed by atoms with Crippen molar-refractivity contribution in [3.8, 4) is 5.75 Å². The molecule has 1 aromatic heterocycles. The van der Waals surface area contributed by atoms with Crippen molar-refractivity contribution in [2.75, 3.05) is 18.2 Å². The number of fused-ring (bicyclic) bond motifs is 1. The molecule has 1 amide bonds. The Morgan fingerprint density at radius 2 is 1.80 bits per heavy atom. The second-order valence-electron chi connectivity index (χ2n) is 8.23. The molecule has 4 aromatic rings. The molecule has 7 heteroatoms. The maximum absolute atomic E-state index is 13.8. The van der Waals surface area contributed by atoms with Gasteiger partial charge in [-0.1, -0.05) is 48.9 Å². The van der Waals surface area contributed by atoms with Gasteiger partial charge >= 0.3 is 0 Å². The van der Waals surface area contributed by atoms with E-state index in [0.717, 1.165) is 34.3 Å². The molecule has 0 N–H and O–H groups in total. The van der Waals surface area contributed by atoms with Crippen LogP contribution in [0.2, 0.25) is 5.02 Å². The van der Waals surface area contributed by atoms with E-state index in [9.17, 15) is 4.79 Å². The predicted octanol–water partition coefficient (Wildman–Crippen LogP) is 6.17. The highest BCUT2D eigenvalue weighted by Crippen LogP contribution is 2.27. The van der Waals surface area contributed by atoms with Crippen molar-refractivity contribution in [1.82, 2.24) is 9.55 Å². The number of carbonyl (C=O) groups is 1. The summed E-state index contributed by atoms with van der Waals surface area (Å²) in [6, 6.07) is 21.1. The minimum Gasteiger partial charge on any atom is -0.486 e. The van der Waals surface area contributed by atoms with Gasteiger partial charge in [-0.25, -0.2) is 4.98 Å². The van der Waals surface area contributed by atoms with Gasteiger partial charge in [0.25, 0.3) is 0 Å². The molecule has 35 heavy (non-hydrogen) atoms. The Morgan fingerprint density at radius 1 is 1.03 bits per heavy atom. The van der Waals surface area contributed by atoms with E-state index in [1.165, 1.54) is 0 Å². The standard InChI is InChI=1S/C28H30ClN3O3/c1-4-21-10-8-9-20(3)28(21)32(19-34-5-2)27(33)17-31-25-12-7-6-11-24(25)30-26(31)18-35-23-15-13-22(29)14-16-23/h6-16H,4-5,17-19H2,1-3H3. The molecule has 0 unspecified atom stereocenters. The summed E-state index contributed by atoms with van der Waals surface area (Å²) in [6.45, 7) is 7.10. The number of amides is 1. The van der Waals surface area contributed by atoms with E-state index < -0.39 is 0 Å². The molecule has 4 rings (SSSR count). The average molecular weight is 492 g/mol. The van der Waals surface area contributed by atoms with Crippen molar-refractivity contribution in [1.29, 1.82) is 0 Å². The van der Waals surface area contributed by atoms with Crippen LogP contribution >= 0.6 is 11.6 Å². The number of imidazole rings is 1. The molecule has 0 saturated heterocycles. The number of halogens is 1. The number of hydrogen-bond donors (Lipinski definition) is 0. The first-order valence-electron chi connectivity index (χ1n) is 11.8. The lowest BCUT2D eigenvalue weighted by Gasteiger charge is -2.27. The zero-order valence-corrected chi connectivity index (χ0v) is 21.1. The molecule has 0 bridgehead atoms. The summed E-state index contributed by atoms with van der Waals surface area (Å²) in [7, 11) is 0. The first-order chi connectivity index (χ1) is 17.0. The number of nitrogens with zero attached hydrogens (tertiary/aromatic N) is 3. The average Bonchev–Trinajstić information content (AvgIpc) is 3.21. The highest BCUT2D eigenvalue weighted by Gasteiger charge is 2.23. The number of carbonyl (C=O) groups excluding carboxylic acids is 1. The van der Waals surface area contributed by atoms with Crippen LogP contribution in [0.5, 0.6) is 5.75 Å². The number of anilines is 1. The lowest BCUT2D eigenvalue weighted by Crippen LogP contribution is -2.37. The molecule has 0 aliphatic rings. The molecule has 0 aliphatic carbocycles. The number of ether oxygens (including phenoxy) is 2. The molecule has 0 saturated carbocycles. The molecule has 182 valence electrons. The molecular formula is C28H30ClN3O3. The summed E-state index contributed by atoms with van der Waals surface area (Å²) in [4.78, 5) is 20.3. The second-order valence-corrected chi connectivity index (χ2v) is 8.66. The molecule has 0 radical (unpaired) electrons. The Morgan fingerprint density at radius 3 is 2.54 bits per heavy atom. The molecule has 6 nitrogen and oxygen atoms in total. The first kappa shape index (κ1) is 24.8. The summed E-state index contributed by atoms with van der Waals surface area (Å²) >= 11 is 5.99. The Bertz CT molecular complexity index is 1300. The van der Waals surface area contributed by atoms with Crippen LogP contribution in [0.15, 0.2) is 66.7 Å². The van der Waals surface area contributed by atoms with E-state index in [4.69, 9.17) is 26.1 Å². The number of benzene rings is 3. The van der Waals surface area contributed by atoms with Crippen molar-refractivity contribution in [2.24, 2.45) is 0 Å². The van der Waals surface area contributed by atoms with Gasteiger partial charge in [0.1, 0.15) is 31.5 Å². The Kier molecular flexibility index (Phi) is 8.06. The lowest BCUT2D eigenvalue weighted by atomic mass is 10.0. The SMILES string of the molecule is CCOCN(C(=O)Cn1c(COc2ccc(Cl)cc2)nc2ccccc21)c1c(C)cccc1CC. The summed E-state index contributed by atoms with van der Waals surface area (Å²) < 4.78 is 13.6. The number of para-hydroxylation sites is 3. The predicted molar refractivity (Wildman–Crippen MR) is 140 cm³/mol. The maximum atomic E-state index is 13.8. The second kappa shape index (κ2) is 11.4. The Hall–Kier alpha value is -3.35. The molecule has 0 spiro atoms. The number of hydrogen-bond acceptors (Lipinski definition) is 4. The Balaban J connectivity index is 1.66. The Labute approximate surface area is 211 Å². The quantitative estimate of drug-likeness (QED) is 0.249. The van der Waals surface area contributed by atoms with E-state index in [0.29, 0.717) is 23.2 Å². The van der Waals surface area contributed by atoms with Crippen LogP contribution in [0.4, 0.5) is 5.69 Å². The third kappa shape index (κ3) is 5.66. The minimum atomic E-state index is -0.0710. The van der Waals surface area contributed by atoms with E-state index in [1.54, 1.807) is 17.0 Å². The van der Waals surface area contributed by atoms with Crippen molar-refractivity contribution in [3.63, 3.8) is 0 Å². The van der Waals surface area contributed by atoms with Crippen LogP contribution in [0.3, 0.4) is 0 Å². The lowest BCUT2D eigenvalue weighted by molar-refractivity contribution is -0.120. The summed E-state index contributed by atoms with van der Waals surface area (Å²) in [6.07, 6.45) is 0.821. The smallest absolute Gasteiger partial charge is 0.248 e. The van der Waals surface area contributed by atoms with E-state index in [-0.39, 0.29) is 25.8 Å². The van der Waals surface area contributed by atoms with Crippen LogP contribution in [0.25, 0.3) is 11.0 Å². The van der Waals surface area contributed by atoms with Gasteiger partial charge in [0.05, 0.1) is 16.7 Å². The summed E-state index contributed by atoms with van der Waals surface area (Å²) in [5.74, 6) is 1.29. The number of aromatic nitrogens is 2. The minimum absolute atomic E-state index is 0.0710. The summed E-state index contributed by atoms with van der Waals surface area (Å²) in [5.41, 5.74) is 4.76. The first-order valence-corrected chi connectivity index (χ1v) is 12.2. The third-order valence-electron chi connectivity index (χ3n) is 5.91. The van der Waals surface area contributed by atoms with Crippen molar-refractivity contribution < 1.29 is 14.3 Å². The van der Waals surface area contributed by atoms with Gasteiger partial charge in [0.2, 0.25) is 5.91 Å². The fraction of sp³-hybridized carbons (Fsp3) is 0.286. The summed E-state index contributed by atoms with van der Waals surface area (Å²) in [5, 5.41) is 0.646. The number of rotatable bonds is 10. The molecule has 1 heterocycles.